The van der Waals surface area contributed by atoms with E-state index in [1.54, 1.807) is 0 Å². The van der Waals surface area contributed by atoms with Gasteiger partial charge in [-0.1, -0.05) is 233 Å². The number of quaternary nitrogens is 3. The van der Waals surface area contributed by atoms with E-state index < -0.39 is 7.82 Å². The number of phosphoric acid groups is 1. The smallest absolute Gasteiger partial charge is 0.0886 e. The standard InChI is InChI=1S/3C22H46N.H3O4P/c3*1-4-5-6-7-12-15-18-21-23(2,3)22-19-16-13-10-8-9-11-14-17-20-22;1-5(2,3)4/h3*22H,4-21H2,1-3H3;(H3,1,2,3,4)/q3*+1;/p-3. The molecule has 446 valence electrons. The van der Waals surface area contributed by atoms with Crippen molar-refractivity contribution in [2.45, 2.75) is 366 Å². The maximum absolute atomic E-state index is 8.55. The number of unbranched alkanes of at least 4 members (excludes halogenated alkanes) is 18. The summed E-state index contributed by atoms with van der Waals surface area (Å²) in [5.74, 6) is 0. The first-order chi connectivity index (χ1) is 35.5. The lowest BCUT2D eigenvalue weighted by Gasteiger charge is -2.39. The van der Waals surface area contributed by atoms with Crippen LogP contribution in [0.15, 0.2) is 0 Å². The molecule has 3 rings (SSSR count). The summed E-state index contributed by atoms with van der Waals surface area (Å²) in [4.78, 5) is 25.6. The van der Waals surface area contributed by atoms with Crippen LogP contribution in [0.1, 0.15) is 348 Å². The van der Waals surface area contributed by atoms with Crippen LogP contribution in [0.25, 0.3) is 0 Å². The first kappa shape index (κ1) is 74.0. The fourth-order valence-electron chi connectivity index (χ4n) is 13.0. The largest absolute Gasteiger partial charge is 0.822 e. The first-order valence-electron chi connectivity index (χ1n) is 33.7. The zero-order valence-electron chi connectivity index (χ0n) is 52.3. The molecule has 0 aromatic heterocycles. The number of nitrogens with zero attached hydrogens (tertiary/aromatic N) is 3. The number of rotatable bonds is 27. The van der Waals surface area contributed by atoms with Gasteiger partial charge in [-0.15, -0.1) is 0 Å². The van der Waals surface area contributed by atoms with Crippen LogP contribution in [0.5, 0.6) is 0 Å². The third-order valence-corrected chi connectivity index (χ3v) is 18.5. The molecule has 3 saturated carbocycles. The summed E-state index contributed by atoms with van der Waals surface area (Å²) < 4.78 is 12.4. The molecule has 0 spiro atoms. The summed E-state index contributed by atoms with van der Waals surface area (Å²) in [5.41, 5.74) is 0. The van der Waals surface area contributed by atoms with Crippen LogP contribution < -0.4 is 14.7 Å². The van der Waals surface area contributed by atoms with Gasteiger partial charge in [0, 0.05) is 0 Å². The van der Waals surface area contributed by atoms with Crippen LogP contribution in [0.4, 0.5) is 0 Å². The molecule has 0 aromatic rings. The highest BCUT2D eigenvalue weighted by molar-refractivity contribution is 7.40. The summed E-state index contributed by atoms with van der Waals surface area (Å²) in [5, 5.41) is 0. The molecule has 3 aliphatic carbocycles. The average molecular weight is 1070 g/mol. The predicted molar refractivity (Wildman–Crippen MR) is 322 cm³/mol. The molecule has 0 amide bonds. The van der Waals surface area contributed by atoms with E-state index in [0.29, 0.717) is 0 Å². The van der Waals surface area contributed by atoms with E-state index in [1.807, 2.05) is 0 Å². The molecule has 0 aromatic carbocycles. The minimum absolute atomic E-state index is 0.924. The van der Waals surface area contributed by atoms with Crippen LogP contribution in [-0.2, 0) is 4.57 Å². The molecular weight excluding hydrogens is 930 g/mol. The fraction of sp³-hybridized carbons (Fsp3) is 1.00. The Morgan fingerprint density at radius 1 is 0.270 bits per heavy atom. The first-order valence-corrected chi connectivity index (χ1v) is 35.2. The molecule has 0 radical (unpaired) electrons. The molecule has 8 heteroatoms. The molecule has 7 nitrogen and oxygen atoms in total. The minimum Gasteiger partial charge on any atom is -0.822 e. The Kier molecular flexibility index (Phi) is 50.0. The van der Waals surface area contributed by atoms with E-state index in [1.165, 1.54) is 361 Å². The lowest BCUT2D eigenvalue weighted by atomic mass is 9.99. The van der Waals surface area contributed by atoms with Gasteiger partial charge in [-0.25, -0.2) is 0 Å². The van der Waals surface area contributed by atoms with Crippen molar-refractivity contribution in [3.8, 4) is 0 Å². The van der Waals surface area contributed by atoms with Gasteiger partial charge < -0.3 is 32.7 Å². The lowest BCUT2D eigenvalue weighted by molar-refractivity contribution is -0.916. The Morgan fingerprint density at radius 2 is 0.405 bits per heavy atom. The van der Waals surface area contributed by atoms with Gasteiger partial charge in [-0.05, 0) is 116 Å². The zero-order valence-corrected chi connectivity index (χ0v) is 53.2. The topological polar surface area (TPSA) is 86.2 Å². The van der Waals surface area contributed by atoms with E-state index >= 15 is 0 Å². The molecule has 3 fully saturated rings. The molecule has 0 bridgehead atoms. The van der Waals surface area contributed by atoms with Crippen LogP contribution in [0.2, 0.25) is 0 Å². The lowest BCUT2D eigenvalue weighted by Crippen LogP contribution is -2.49. The van der Waals surface area contributed by atoms with E-state index in [0.717, 1.165) is 18.1 Å². The van der Waals surface area contributed by atoms with Gasteiger partial charge >= 0.3 is 0 Å². The Balaban J connectivity index is 0.00000103. The van der Waals surface area contributed by atoms with Gasteiger partial charge in [0.15, 0.2) is 0 Å². The van der Waals surface area contributed by atoms with Crippen LogP contribution >= 0.6 is 7.82 Å². The third kappa shape index (κ3) is 47.9. The quantitative estimate of drug-likeness (QED) is 0.0466. The third-order valence-electron chi connectivity index (χ3n) is 18.5. The van der Waals surface area contributed by atoms with Gasteiger partial charge in [0.25, 0.3) is 0 Å². The zero-order chi connectivity index (χ0) is 54.9. The highest BCUT2D eigenvalue weighted by Gasteiger charge is 2.29. The van der Waals surface area contributed by atoms with Crippen molar-refractivity contribution in [2.75, 3.05) is 61.9 Å². The van der Waals surface area contributed by atoms with Gasteiger partial charge in [0.2, 0.25) is 0 Å². The Bertz CT molecular complexity index is 1040. The van der Waals surface area contributed by atoms with Crippen LogP contribution in [0.3, 0.4) is 0 Å². The molecule has 0 N–H and O–H groups in total. The summed E-state index contributed by atoms with van der Waals surface area (Å²) >= 11 is 0. The highest BCUT2D eigenvalue weighted by atomic mass is 31.2. The summed E-state index contributed by atoms with van der Waals surface area (Å²) in [6.07, 6.45) is 74.7. The normalized spacial score (nSPS) is 18.9. The van der Waals surface area contributed by atoms with Crippen LogP contribution in [0, 0.1) is 0 Å². The molecule has 0 unspecified atom stereocenters. The van der Waals surface area contributed by atoms with Crippen molar-refractivity contribution in [3.63, 3.8) is 0 Å². The molecule has 0 heterocycles. The van der Waals surface area contributed by atoms with Crippen molar-refractivity contribution >= 4 is 7.82 Å². The highest BCUT2D eigenvalue weighted by Crippen LogP contribution is 2.28. The van der Waals surface area contributed by atoms with E-state index in [4.69, 9.17) is 19.2 Å². The van der Waals surface area contributed by atoms with Crippen molar-refractivity contribution in [1.82, 2.24) is 0 Å². The van der Waals surface area contributed by atoms with Crippen molar-refractivity contribution < 1.29 is 32.7 Å². The van der Waals surface area contributed by atoms with Crippen molar-refractivity contribution in [1.29, 1.82) is 0 Å². The molecule has 74 heavy (non-hydrogen) atoms. The molecule has 0 atom stereocenters. The maximum atomic E-state index is 8.55. The van der Waals surface area contributed by atoms with Crippen molar-refractivity contribution in [2.24, 2.45) is 0 Å². The monoisotopic (exact) mass is 1070 g/mol. The van der Waals surface area contributed by atoms with Crippen molar-refractivity contribution in [3.05, 3.63) is 0 Å². The number of hydrogen-bond donors (Lipinski definition) is 0. The van der Waals surface area contributed by atoms with Gasteiger partial charge in [0.1, 0.15) is 0 Å². The second kappa shape index (κ2) is 50.0. The van der Waals surface area contributed by atoms with E-state index in [2.05, 4.69) is 63.1 Å². The Hall–Kier alpha value is -0.0100. The second-order valence-corrected chi connectivity index (χ2v) is 27.4. The SMILES string of the molecule is CCCCCCCCC[N+](C)(C)C1CCCCCCCCCC1.CCCCCCCCC[N+](C)(C)C1CCCCCCCCCC1.CCCCCCCCC[N+](C)(C)C1CCCCCCCCCC1.O=P([O-])([O-])[O-]. The maximum Gasteiger partial charge on any atom is 0.0886 e. The number of hydrogen-bond acceptors (Lipinski definition) is 4. The second-order valence-electron chi connectivity index (χ2n) is 26.5. The molecule has 0 aliphatic heterocycles. The van der Waals surface area contributed by atoms with Crippen LogP contribution in [-0.4, -0.2) is 93.5 Å². The summed E-state index contributed by atoms with van der Waals surface area (Å²) in [7, 11) is 9.70. The molecule has 0 saturated heterocycles. The molecular formula is C66H138N3O4P. The van der Waals surface area contributed by atoms with E-state index in [9.17, 15) is 0 Å². The average Bonchev–Trinajstić information content (AvgIpc) is 3.51. The van der Waals surface area contributed by atoms with Gasteiger partial charge in [-0.3, -0.25) is 0 Å². The molecule has 3 aliphatic rings. The minimum atomic E-state index is -5.39. The predicted octanol–water partition coefficient (Wildman–Crippen LogP) is 18.5. The Labute approximate surface area is 466 Å². The summed E-state index contributed by atoms with van der Waals surface area (Å²) in [6, 6.07) is 2.77. The van der Waals surface area contributed by atoms with E-state index in [-0.39, 0.29) is 0 Å². The fourth-order valence-corrected chi connectivity index (χ4v) is 13.0. The Morgan fingerprint density at radius 3 is 0.568 bits per heavy atom. The van der Waals surface area contributed by atoms with Gasteiger partial charge in [0.05, 0.1) is 80.0 Å². The summed E-state index contributed by atoms with van der Waals surface area (Å²) in [6.45, 7) is 11.1. The van der Waals surface area contributed by atoms with Gasteiger partial charge in [-0.2, -0.15) is 7.82 Å².